The van der Waals surface area contributed by atoms with E-state index in [0.717, 1.165) is 17.1 Å². The van der Waals surface area contributed by atoms with Gasteiger partial charge in [0, 0.05) is 6.54 Å². The van der Waals surface area contributed by atoms with Gasteiger partial charge in [-0.1, -0.05) is 11.6 Å². The average molecular weight is 226 g/mol. The summed E-state index contributed by atoms with van der Waals surface area (Å²) >= 11 is 6.17. The highest BCUT2D eigenvalue weighted by molar-refractivity contribution is 6.30. The number of halogens is 1. The van der Waals surface area contributed by atoms with Gasteiger partial charge in [-0.2, -0.15) is 0 Å². The van der Waals surface area contributed by atoms with Crippen molar-refractivity contribution in [3.8, 4) is 5.75 Å². The second-order valence-corrected chi connectivity index (χ2v) is 3.53. The Morgan fingerprint density at radius 3 is 3.00 bits per heavy atom. The lowest BCUT2D eigenvalue weighted by molar-refractivity contribution is 0.412. The van der Waals surface area contributed by atoms with E-state index in [-0.39, 0.29) is 0 Å². The van der Waals surface area contributed by atoms with Gasteiger partial charge in [0.05, 0.1) is 19.0 Å². The van der Waals surface area contributed by atoms with Crippen LogP contribution in [0.2, 0.25) is 5.15 Å². The van der Waals surface area contributed by atoms with Gasteiger partial charge in [-0.15, -0.1) is 0 Å². The fourth-order valence-electron chi connectivity index (χ4n) is 1.45. The van der Waals surface area contributed by atoms with Crippen molar-refractivity contribution in [3.05, 3.63) is 29.2 Å². The molecule has 80 valence electrons. The van der Waals surface area contributed by atoms with Crippen molar-refractivity contribution in [2.45, 2.75) is 6.54 Å². The second-order valence-electron chi connectivity index (χ2n) is 3.18. The zero-order chi connectivity index (χ0) is 10.8. The number of nitrogens with one attached hydrogen (secondary N) is 1. The number of hydrogen-bond acceptors (Lipinski definition) is 3. The molecule has 0 aromatic carbocycles. The van der Waals surface area contributed by atoms with Gasteiger partial charge in [0.1, 0.15) is 16.5 Å². The summed E-state index contributed by atoms with van der Waals surface area (Å²) in [6, 6.07) is 3.74. The summed E-state index contributed by atoms with van der Waals surface area (Å²) in [5.74, 6) is 0.762. The maximum Gasteiger partial charge on any atom is 0.138 e. The van der Waals surface area contributed by atoms with Gasteiger partial charge < -0.3 is 10.1 Å². The number of imidazole rings is 1. The third kappa shape index (κ3) is 1.78. The molecule has 15 heavy (non-hydrogen) atoms. The maximum absolute atomic E-state index is 6.17. The summed E-state index contributed by atoms with van der Waals surface area (Å²) in [4.78, 5) is 4.39. The number of pyridine rings is 1. The summed E-state index contributed by atoms with van der Waals surface area (Å²) in [5.41, 5.74) is 1.67. The third-order valence-corrected chi connectivity index (χ3v) is 2.58. The predicted octanol–water partition coefficient (Wildman–Crippen LogP) is 1.72. The van der Waals surface area contributed by atoms with Gasteiger partial charge in [-0.25, -0.2) is 4.98 Å². The number of rotatable bonds is 3. The van der Waals surface area contributed by atoms with E-state index < -0.39 is 0 Å². The van der Waals surface area contributed by atoms with Gasteiger partial charge in [0.15, 0.2) is 0 Å². The van der Waals surface area contributed by atoms with Crippen LogP contribution >= 0.6 is 11.6 Å². The summed E-state index contributed by atoms with van der Waals surface area (Å²) in [5, 5.41) is 3.65. The van der Waals surface area contributed by atoms with E-state index in [1.807, 2.05) is 29.8 Å². The van der Waals surface area contributed by atoms with Crippen LogP contribution in [0.3, 0.4) is 0 Å². The minimum Gasteiger partial charge on any atom is -0.495 e. The first-order valence-electron chi connectivity index (χ1n) is 4.61. The van der Waals surface area contributed by atoms with Gasteiger partial charge in [-0.3, -0.25) is 4.40 Å². The minimum absolute atomic E-state index is 0.623. The number of nitrogens with zero attached hydrogens (tertiary/aromatic N) is 2. The molecule has 5 heteroatoms. The monoisotopic (exact) mass is 225 g/mol. The molecule has 0 saturated heterocycles. The van der Waals surface area contributed by atoms with Crippen molar-refractivity contribution in [1.82, 2.24) is 14.7 Å². The van der Waals surface area contributed by atoms with Crippen LogP contribution in [-0.4, -0.2) is 23.5 Å². The fourth-order valence-corrected chi connectivity index (χ4v) is 1.69. The minimum atomic E-state index is 0.623. The Balaban J connectivity index is 2.56. The molecule has 0 radical (unpaired) electrons. The molecule has 2 aromatic rings. The molecule has 2 rings (SSSR count). The van der Waals surface area contributed by atoms with Crippen LogP contribution in [0.25, 0.3) is 5.65 Å². The highest BCUT2D eigenvalue weighted by Gasteiger charge is 2.09. The van der Waals surface area contributed by atoms with Crippen LogP contribution < -0.4 is 10.1 Å². The van der Waals surface area contributed by atoms with E-state index >= 15 is 0 Å². The molecule has 4 nitrogen and oxygen atoms in total. The first kappa shape index (κ1) is 10.3. The first-order chi connectivity index (χ1) is 7.26. The molecule has 2 heterocycles. The van der Waals surface area contributed by atoms with Crippen molar-refractivity contribution < 1.29 is 4.74 Å². The second kappa shape index (κ2) is 4.08. The predicted molar refractivity (Wildman–Crippen MR) is 59.5 cm³/mol. The lowest BCUT2D eigenvalue weighted by Crippen LogP contribution is -2.05. The van der Waals surface area contributed by atoms with E-state index in [9.17, 15) is 0 Å². The number of aromatic nitrogens is 2. The van der Waals surface area contributed by atoms with Crippen molar-refractivity contribution in [1.29, 1.82) is 0 Å². The summed E-state index contributed by atoms with van der Waals surface area (Å²) in [7, 11) is 3.49. The summed E-state index contributed by atoms with van der Waals surface area (Å²) < 4.78 is 6.94. The molecular weight excluding hydrogens is 214 g/mol. The summed E-state index contributed by atoms with van der Waals surface area (Å²) in [6.07, 6.45) is 1.82. The molecule has 0 spiro atoms. The number of ether oxygens (including phenoxy) is 1. The number of methoxy groups -OCH3 is 1. The zero-order valence-corrected chi connectivity index (χ0v) is 9.38. The Bertz CT molecular complexity index is 481. The fraction of sp³-hybridized carbons (Fsp3) is 0.300. The standard InChI is InChI=1S/C10H12ClN3O/c1-12-5-8-10(11)14-6-7(15-2)3-4-9(14)13-8/h3-4,6,12H,5H2,1-2H3. The van der Waals surface area contributed by atoms with Crippen LogP contribution in [0.4, 0.5) is 0 Å². The van der Waals surface area contributed by atoms with Gasteiger partial charge >= 0.3 is 0 Å². The highest BCUT2D eigenvalue weighted by Crippen LogP contribution is 2.21. The molecule has 0 unspecified atom stereocenters. The van der Waals surface area contributed by atoms with E-state index in [4.69, 9.17) is 16.3 Å². The first-order valence-corrected chi connectivity index (χ1v) is 4.99. The molecule has 0 atom stereocenters. The molecule has 0 fully saturated rings. The van der Waals surface area contributed by atoms with Gasteiger partial charge in [0.25, 0.3) is 0 Å². The quantitative estimate of drug-likeness (QED) is 0.865. The third-order valence-electron chi connectivity index (χ3n) is 2.18. The molecule has 1 N–H and O–H groups in total. The summed E-state index contributed by atoms with van der Waals surface area (Å²) in [6.45, 7) is 0.656. The Morgan fingerprint density at radius 1 is 1.53 bits per heavy atom. The molecule has 0 amide bonds. The van der Waals surface area contributed by atoms with Crippen LogP contribution in [0.15, 0.2) is 18.3 Å². The van der Waals surface area contributed by atoms with Gasteiger partial charge in [-0.05, 0) is 19.2 Å². The Morgan fingerprint density at radius 2 is 2.33 bits per heavy atom. The molecule has 0 bridgehead atoms. The van der Waals surface area contributed by atoms with Crippen LogP contribution in [-0.2, 0) is 6.54 Å². The highest BCUT2D eigenvalue weighted by atomic mass is 35.5. The van der Waals surface area contributed by atoms with Crippen LogP contribution in [0, 0.1) is 0 Å². The van der Waals surface area contributed by atoms with Crippen molar-refractivity contribution in [2.24, 2.45) is 0 Å². The molecule has 2 aromatic heterocycles. The van der Waals surface area contributed by atoms with Crippen molar-refractivity contribution in [3.63, 3.8) is 0 Å². The topological polar surface area (TPSA) is 38.6 Å². The van der Waals surface area contributed by atoms with E-state index in [2.05, 4.69) is 10.3 Å². The molecule has 0 aliphatic heterocycles. The Hall–Kier alpha value is -1.26. The van der Waals surface area contributed by atoms with Crippen molar-refractivity contribution >= 4 is 17.2 Å². The Kier molecular flexibility index (Phi) is 2.79. The van der Waals surface area contributed by atoms with Gasteiger partial charge in [0.2, 0.25) is 0 Å². The molecule has 0 aliphatic rings. The smallest absolute Gasteiger partial charge is 0.138 e. The van der Waals surface area contributed by atoms with Crippen LogP contribution in [0.1, 0.15) is 5.69 Å². The largest absolute Gasteiger partial charge is 0.495 e. The van der Waals surface area contributed by atoms with E-state index in [1.165, 1.54) is 0 Å². The lowest BCUT2D eigenvalue weighted by Gasteiger charge is -2.00. The zero-order valence-electron chi connectivity index (χ0n) is 8.62. The van der Waals surface area contributed by atoms with E-state index in [0.29, 0.717) is 11.7 Å². The SMILES string of the molecule is CNCc1nc2ccc(OC)cn2c1Cl. The number of hydrogen-bond donors (Lipinski definition) is 1. The van der Waals surface area contributed by atoms with Crippen molar-refractivity contribution in [2.75, 3.05) is 14.2 Å². The lowest BCUT2D eigenvalue weighted by atomic mass is 10.4. The van der Waals surface area contributed by atoms with E-state index in [1.54, 1.807) is 7.11 Å². The normalized spacial score (nSPS) is 10.9. The molecular formula is C10H12ClN3O. The maximum atomic E-state index is 6.17. The molecule has 0 aliphatic carbocycles. The van der Waals surface area contributed by atoms with Crippen LogP contribution in [0.5, 0.6) is 5.75 Å². The number of fused-ring (bicyclic) bond motifs is 1. The average Bonchev–Trinajstić information content (AvgIpc) is 2.56. The Labute approximate surface area is 92.8 Å². The molecule has 0 saturated carbocycles.